The van der Waals surface area contributed by atoms with Gasteiger partial charge in [-0.15, -0.1) is 0 Å². The molecule has 0 saturated carbocycles. The van der Waals surface area contributed by atoms with Crippen LogP contribution in [0.2, 0.25) is 0 Å². The van der Waals surface area contributed by atoms with Crippen LogP contribution in [0.1, 0.15) is 18.4 Å². The van der Waals surface area contributed by atoms with E-state index in [2.05, 4.69) is 29.4 Å². The fourth-order valence-electron chi connectivity index (χ4n) is 2.04. The average Bonchev–Trinajstić information content (AvgIpc) is 2.49. The van der Waals surface area contributed by atoms with Crippen molar-refractivity contribution in [3.8, 4) is 0 Å². The summed E-state index contributed by atoms with van der Waals surface area (Å²) in [6.07, 6.45) is 1.46. The van der Waals surface area contributed by atoms with E-state index in [0.29, 0.717) is 19.6 Å². The summed E-state index contributed by atoms with van der Waals surface area (Å²) in [5.41, 5.74) is 7.04. The van der Waals surface area contributed by atoms with Crippen LogP contribution in [0, 0.1) is 0 Å². The first-order valence-electron chi connectivity index (χ1n) is 7.38. The molecule has 0 aliphatic heterocycles. The summed E-state index contributed by atoms with van der Waals surface area (Å²) < 4.78 is 4.91. The Hall–Kier alpha value is -1.43. The molecule has 1 amide bonds. The maximum atomic E-state index is 11.7. The number of carbonyl (C=O) groups excluding carboxylic acids is 1. The van der Waals surface area contributed by atoms with Gasteiger partial charge in [0, 0.05) is 26.8 Å². The van der Waals surface area contributed by atoms with Crippen LogP contribution >= 0.6 is 0 Å². The summed E-state index contributed by atoms with van der Waals surface area (Å²) in [6, 6.07) is 9.87. The molecule has 0 fully saturated rings. The van der Waals surface area contributed by atoms with E-state index in [1.54, 1.807) is 7.11 Å². The Labute approximate surface area is 127 Å². The molecule has 0 aliphatic carbocycles. The van der Waals surface area contributed by atoms with Gasteiger partial charge in [0.2, 0.25) is 5.91 Å². The van der Waals surface area contributed by atoms with Crippen molar-refractivity contribution >= 4 is 5.91 Å². The van der Waals surface area contributed by atoms with Crippen molar-refractivity contribution < 1.29 is 9.53 Å². The molecule has 1 rings (SSSR count). The lowest BCUT2D eigenvalue weighted by atomic mass is 10.2. The topological polar surface area (TPSA) is 67.6 Å². The van der Waals surface area contributed by atoms with Crippen molar-refractivity contribution in [1.82, 2.24) is 10.2 Å². The zero-order valence-electron chi connectivity index (χ0n) is 13.0. The van der Waals surface area contributed by atoms with Crippen molar-refractivity contribution in [2.75, 3.05) is 33.9 Å². The van der Waals surface area contributed by atoms with Gasteiger partial charge in [-0.25, -0.2) is 0 Å². The Morgan fingerprint density at radius 2 is 2.10 bits per heavy atom. The van der Waals surface area contributed by atoms with Crippen LogP contribution in [-0.4, -0.2) is 50.7 Å². The number of benzene rings is 1. The molecule has 0 saturated heterocycles. The van der Waals surface area contributed by atoms with E-state index in [4.69, 9.17) is 10.5 Å². The van der Waals surface area contributed by atoms with E-state index in [0.717, 1.165) is 19.5 Å². The van der Waals surface area contributed by atoms with Gasteiger partial charge in [0.1, 0.15) is 0 Å². The SMILES string of the molecule is COCCC(N)C(=O)NCCCN(C)Cc1ccccc1. The van der Waals surface area contributed by atoms with E-state index >= 15 is 0 Å². The third kappa shape index (κ3) is 7.80. The van der Waals surface area contributed by atoms with Gasteiger partial charge in [-0.2, -0.15) is 0 Å². The van der Waals surface area contributed by atoms with Gasteiger partial charge in [0.05, 0.1) is 6.04 Å². The molecule has 0 spiro atoms. The number of hydrogen-bond donors (Lipinski definition) is 2. The van der Waals surface area contributed by atoms with Gasteiger partial charge in [-0.05, 0) is 32.0 Å². The molecule has 5 nitrogen and oxygen atoms in total. The first kappa shape index (κ1) is 17.6. The molecule has 0 aliphatic rings. The highest BCUT2D eigenvalue weighted by Gasteiger charge is 2.11. The molecule has 3 N–H and O–H groups in total. The normalized spacial score (nSPS) is 12.4. The van der Waals surface area contributed by atoms with E-state index in [1.807, 2.05) is 18.2 Å². The van der Waals surface area contributed by atoms with Gasteiger partial charge in [0.25, 0.3) is 0 Å². The first-order chi connectivity index (χ1) is 10.1. The monoisotopic (exact) mass is 293 g/mol. The van der Waals surface area contributed by atoms with Crippen LogP contribution in [0.15, 0.2) is 30.3 Å². The van der Waals surface area contributed by atoms with Crippen molar-refractivity contribution in [1.29, 1.82) is 0 Å². The molecule has 0 heterocycles. The lowest BCUT2D eigenvalue weighted by Crippen LogP contribution is -2.42. The van der Waals surface area contributed by atoms with Crippen molar-refractivity contribution in [3.05, 3.63) is 35.9 Å². The summed E-state index contributed by atoms with van der Waals surface area (Å²) in [7, 11) is 3.69. The number of nitrogens with one attached hydrogen (secondary N) is 1. The fourth-order valence-corrected chi connectivity index (χ4v) is 2.04. The fraction of sp³-hybridized carbons (Fsp3) is 0.562. The van der Waals surface area contributed by atoms with Crippen LogP contribution in [0.25, 0.3) is 0 Å². The van der Waals surface area contributed by atoms with E-state index in [9.17, 15) is 4.79 Å². The highest BCUT2D eigenvalue weighted by molar-refractivity contribution is 5.81. The summed E-state index contributed by atoms with van der Waals surface area (Å²) in [6.45, 7) is 3.01. The van der Waals surface area contributed by atoms with Crippen molar-refractivity contribution in [2.24, 2.45) is 5.73 Å². The minimum atomic E-state index is -0.480. The van der Waals surface area contributed by atoms with Gasteiger partial charge < -0.3 is 20.7 Å². The van der Waals surface area contributed by atoms with Crippen molar-refractivity contribution in [2.45, 2.75) is 25.4 Å². The first-order valence-corrected chi connectivity index (χ1v) is 7.38. The third-order valence-electron chi connectivity index (χ3n) is 3.28. The zero-order chi connectivity index (χ0) is 15.5. The van der Waals surface area contributed by atoms with E-state index < -0.39 is 6.04 Å². The number of methoxy groups -OCH3 is 1. The smallest absolute Gasteiger partial charge is 0.237 e. The highest BCUT2D eigenvalue weighted by Crippen LogP contribution is 2.02. The predicted molar refractivity (Wildman–Crippen MR) is 84.9 cm³/mol. The van der Waals surface area contributed by atoms with Gasteiger partial charge >= 0.3 is 0 Å². The van der Waals surface area contributed by atoms with Gasteiger partial charge in [0.15, 0.2) is 0 Å². The minimum absolute atomic E-state index is 0.0993. The molecule has 118 valence electrons. The van der Waals surface area contributed by atoms with Crippen LogP contribution in [-0.2, 0) is 16.1 Å². The molecule has 1 aromatic carbocycles. The van der Waals surface area contributed by atoms with Crippen LogP contribution in [0.3, 0.4) is 0 Å². The second kappa shape index (κ2) is 10.3. The van der Waals surface area contributed by atoms with Crippen LogP contribution < -0.4 is 11.1 Å². The maximum Gasteiger partial charge on any atom is 0.237 e. The molecule has 1 aromatic rings. The predicted octanol–water partition coefficient (Wildman–Crippen LogP) is 0.989. The Balaban J connectivity index is 2.11. The number of ether oxygens (including phenoxy) is 1. The molecular weight excluding hydrogens is 266 g/mol. The zero-order valence-corrected chi connectivity index (χ0v) is 13.0. The number of nitrogens with zero attached hydrogens (tertiary/aromatic N) is 1. The summed E-state index contributed by atoms with van der Waals surface area (Å²) in [5, 5.41) is 2.86. The molecule has 0 bridgehead atoms. The van der Waals surface area contributed by atoms with Gasteiger partial charge in [-0.1, -0.05) is 30.3 Å². The standard InChI is InChI=1S/C16H27N3O2/c1-19(13-14-7-4-3-5-8-14)11-6-10-18-16(20)15(17)9-12-21-2/h3-5,7-8,15H,6,9-13,17H2,1-2H3,(H,18,20). The van der Waals surface area contributed by atoms with Crippen LogP contribution in [0.5, 0.6) is 0 Å². The second-order valence-electron chi connectivity index (χ2n) is 5.26. The Morgan fingerprint density at radius 1 is 1.38 bits per heavy atom. The summed E-state index contributed by atoms with van der Waals surface area (Å²) in [5.74, 6) is -0.0993. The average molecular weight is 293 g/mol. The van der Waals surface area contributed by atoms with Crippen molar-refractivity contribution in [3.63, 3.8) is 0 Å². The number of carbonyl (C=O) groups is 1. The Bertz CT molecular complexity index is 398. The molecule has 0 radical (unpaired) electrons. The number of hydrogen-bond acceptors (Lipinski definition) is 4. The molecule has 0 aromatic heterocycles. The van der Waals surface area contributed by atoms with E-state index in [-0.39, 0.29) is 5.91 Å². The largest absolute Gasteiger partial charge is 0.385 e. The Morgan fingerprint density at radius 3 is 2.76 bits per heavy atom. The lowest BCUT2D eigenvalue weighted by molar-refractivity contribution is -0.122. The van der Waals surface area contributed by atoms with E-state index in [1.165, 1.54) is 5.56 Å². The molecule has 5 heteroatoms. The number of rotatable bonds is 10. The summed E-state index contributed by atoms with van der Waals surface area (Å²) in [4.78, 5) is 13.9. The second-order valence-corrected chi connectivity index (χ2v) is 5.26. The lowest BCUT2D eigenvalue weighted by Gasteiger charge is -2.17. The molecule has 1 atom stereocenters. The molecular formula is C16H27N3O2. The van der Waals surface area contributed by atoms with Gasteiger partial charge in [-0.3, -0.25) is 4.79 Å². The molecule has 21 heavy (non-hydrogen) atoms. The maximum absolute atomic E-state index is 11.7. The number of nitrogens with two attached hydrogens (primary N) is 1. The highest BCUT2D eigenvalue weighted by atomic mass is 16.5. The third-order valence-corrected chi connectivity index (χ3v) is 3.28. The minimum Gasteiger partial charge on any atom is -0.385 e. The quantitative estimate of drug-likeness (QED) is 0.631. The molecule has 1 unspecified atom stereocenters. The number of amides is 1. The summed E-state index contributed by atoms with van der Waals surface area (Å²) >= 11 is 0. The Kier molecular flexibility index (Phi) is 8.66. The van der Waals surface area contributed by atoms with Crippen LogP contribution in [0.4, 0.5) is 0 Å².